The van der Waals surface area contributed by atoms with Crippen LogP contribution >= 0.6 is 11.6 Å². The number of halogens is 1. The Hall–Kier alpha value is -0.570. The standard InChI is InChI=1S/C15H21ClN2/c1-11(12-4-6-13(16)7-5-12)17-14-8-10-18-9-2-3-15(14)18/h4-7,11,14-15,17H,2-3,8-10H2,1H3/t11-,14?,15?/m0/s1. The van der Waals surface area contributed by atoms with Crippen molar-refractivity contribution in [1.29, 1.82) is 0 Å². The number of benzene rings is 1. The monoisotopic (exact) mass is 264 g/mol. The molecule has 0 aromatic heterocycles. The fraction of sp³-hybridized carbons (Fsp3) is 0.600. The maximum atomic E-state index is 5.93. The lowest BCUT2D eigenvalue weighted by molar-refractivity contribution is 0.291. The molecular formula is C15H21ClN2. The minimum Gasteiger partial charge on any atom is -0.306 e. The second-order valence-corrected chi connectivity index (χ2v) is 6.02. The second kappa shape index (κ2) is 5.20. The molecule has 3 heteroatoms. The Kier molecular flexibility index (Phi) is 3.60. The van der Waals surface area contributed by atoms with Gasteiger partial charge in [0.15, 0.2) is 0 Å². The van der Waals surface area contributed by atoms with E-state index in [9.17, 15) is 0 Å². The first-order valence-electron chi connectivity index (χ1n) is 6.99. The number of hydrogen-bond donors (Lipinski definition) is 1. The molecule has 2 aliphatic rings. The molecular weight excluding hydrogens is 244 g/mol. The van der Waals surface area contributed by atoms with E-state index in [4.69, 9.17) is 11.6 Å². The molecule has 0 radical (unpaired) electrons. The van der Waals surface area contributed by atoms with E-state index >= 15 is 0 Å². The van der Waals surface area contributed by atoms with Crippen LogP contribution in [0.25, 0.3) is 0 Å². The lowest BCUT2D eigenvalue weighted by Crippen LogP contribution is -2.40. The highest BCUT2D eigenvalue weighted by atomic mass is 35.5. The van der Waals surface area contributed by atoms with Crippen molar-refractivity contribution in [3.05, 3.63) is 34.9 Å². The summed E-state index contributed by atoms with van der Waals surface area (Å²) in [6.45, 7) is 4.83. The summed E-state index contributed by atoms with van der Waals surface area (Å²) in [6.07, 6.45) is 4.03. The zero-order chi connectivity index (χ0) is 12.5. The molecule has 18 heavy (non-hydrogen) atoms. The molecule has 0 spiro atoms. The van der Waals surface area contributed by atoms with Gasteiger partial charge in [0.25, 0.3) is 0 Å². The van der Waals surface area contributed by atoms with Crippen LogP contribution in [0.5, 0.6) is 0 Å². The summed E-state index contributed by atoms with van der Waals surface area (Å²) in [5.41, 5.74) is 1.33. The molecule has 98 valence electrons. The molecule has 3 atom stereocenters. The first-order chi connectivity index (χ1) is 8.74. The average Bonchev–Trinajstić information content (AvgIpc) is 2.95. The van der Waals surface area contributed by atoms with Gasteiger partial charge in [-0.25, -0.2) is 0 Å². The molecule has 2 heterocycles. The van der Waals surface area contributed by atoms with Crippen LogP contribution in [-0.4, -0.2) is 30.1 Å². The van der Waals surface area contributed by atoms with Gasteiger partial charge < -0.3 is 5.32 Å². The van der Waals surface area contributed by atoms with Gasteiger partial charge in [-0.2, -0.15) is 0 Å². The van der Waals surface area contributed by atoms with Gasteiger partial charge in [0.05, 0.1) is 0 Å². The molecule has 2 aliphatic heterocycles. The zero-order valence-electron chi connectivity index (χ0n) is 10.9. The van der Waals surface area contributed by atoms with Crippen LogP contribution in [0.2, 0.25) is 5.02 Å². The van der Waals surface area contributed by atoms with Crippen molar-refractivity contribution in [2.45, 2.75) is 44.3 Å². The lowest BCUT2D eigenvalue weighted by atomic mass is 10.0. The van der Waals surface area contributed by atoms with Crippen LogP contribution in [0, 0.1) is 0 Å². The maximum Gasteiger partial charge on any atom is 0.0406 e. The third-order valence-electron chi connectivity index (χ3n) is 4.44. The molecule has 1 aromatic carbocycles. The van der Waals surface area contributed by atoms with Crippen molar-refractivity contribution in [3.8, 4) is 0 Å². The number of nitrogens with one attached hydrogen (secondary N) is 1. The SMILES string of the molecule is C[C@H](NC1CCN2CCCC12)c1ccc(Cl)cc1. The first kappa shape index (κ1) is 12.5. The summed E-state index contributed by atoms with van der Waals surface area (Å²) in [6, 6.07) is 10.1. The smallest absolute Gasteiger partial charge is 0.0406 e. The van der Waals surface area contributed by atoms with E-state index in [-0.39, 0.29) is 0 Å². The molecule has 2 fully saturated rings. The molecule has 0 saturated carbocycles. The van der Waals surface area contributed by atoms with Crippen molar-refractivity contribution in [2.24, 2.45) is 0 Å². The van der Waals surface area contributed by atoms with Gasteiger partial charge in [0.1, 0.15) is 0 Å². The topological polar surface area (TPSA) is 15.3 Å². The minimum atomic E-state index is 0.410. The highest BCUT2D eigenvalue weighted by molar-refractivity contribution is 6.30. The summed E-state index contributed by atoms with van der Waals surface area (Å²) in [5.74, 6) is 0. The van der Waals surface area contributed by atoms with Crippen molar-refractivity contribution < 1.29 is 0 Å². The molecule has 2 saturated heterocycles. The van der Waals surface area contributed by atoms with E-state index in [1.165, 1.54) is 37.9 Å². The Balaban J connectivity index is 1.64. The van der Waals surface area contributed by atoms with E-state index in [2.05, 4.69) is 29.3 Å². The molecule has 3 rings (SSSR count). The van der Waals surface area contributed by atoms with Crippen LogP contribution in [-0.2, 0) is 0 Å². The molecule has 1 aromatic rings. The highest BCUT2D eigenvalue weighted by Crippen LogP contribution is 2.29. The number of nitrogens with zero attached hydrogens (tertiary/aromatic N) is 1. The highest BCUT2D eigenvalue weighted by Gasteiger charge is 2.37. The third-order valence-corrected chi connectivity index (χ3v) is 4.69. The van der Waals surface area contributed by atoms with Crippen molar-refractivity contribution >= 4 is 11.6 Å². The molecule has 0 bridgehead atoms. The Morgan fingerprint density at radius 3 is 2.78 bits per heavy atom. The Morgan fingerprint density at radius 2 is 2.00 bits per heavy atom. The summed E-state index contributed by atoms with van der Waals surface area (Å²) >= 11 is 5.93. The number of rotatable bonds is 3. The second-order valence-electron chi connectivity index (χ2n) is 5.58. The molecule has 2 unspecified atom stereocenters. The van der Waals surface area contributed by atoms with Gasteiger partial charge in [-0.3, -0.25) is 4.90 Å². The molecule has 1 N–H and O–H groups in total. The largest absolute Gasteiger partial charge is 0.306 e. The summed E-state index contributed by atoms with van der Waals surface area (Å²) < 4.78 is 0. The fourth-order valence-corrected chi connectivity index (χ4v) is 3.57. The Bertz CT molecular complexity index is 403. The molecule has 0 amide bonds. The third kappa shape index (κ3) is 2.42. The predicted molar refractivity (Wildman–Crippen MR) is 76.0 cm³/mol. The molecule has 0 aliphatic carbocycles. The summed E-state index contributed by atoms with van der Waals surface area (Å²) in [5, 5.41) is 4.61. The van der Waals surface area contributed by atoms with E-state index in [1.54, 1.807) is 0 Å². The maximum absolute atomic E-state index is 5.93. The Labute approximate surface area is 114 Å². The predicted octanol–water partition coefficient (Wildman–Crippen LogP) is 3.23. The quantitative estimate of drug-likeness (QED) is 0.902. The minimum absolute atomic E-state index is 0.410. The summed E-state index contributed by atoms with van der Waals surface area (Å²) in [7, 11) is 0. The molecule has 2 nitrogen and oxygen atoms in total. The van der Waals surface area contributed by atoms with Gasteiger partial charge >= 0.3 is 0 Å². The van der Waals surface area contributed by atoms with Crippen molar-refractivity contribution in [3.63, 3.8) is 0 Å². The fourth-order valence-electron chi connectivity index (χ4n) is 3.45. The zero-order valence-corrected chi connectivity index (χ0v) is 11.7. The van der Waals surface area contributed by atoms with Crippen molar-refractivity contribution in [2.75, 3.05) is 13.1 Å². The summed E-state index contributed by atoms with van der Waals surface area (Å²) in [4.78, 5) is 2.65. The Morgan fingerprint density at radius 1 is 1.22 bits per heavy atom. The van der Waals surface area contributed by atoms with Crippen LogP contribution in [0.3, 0.4) is 0 Å². The van der Waals surface area contributed by atoms with Crippen molar-refractivity contribution in [1.82, 2.24) is 10.2 Å². The van der Waals surface area contributed by atoms with Crippen LogP contribution in [0.15, 0.2) is 24.3 Å². The van der Waals surface area contributed by atoms with Crippen LogP contribution in [0.1, 0.15) is 37.8 Å². The van der Waals surface area contributed by atoms with E-state index in [1.807, 2.05) is 12.1 Å². The van der Waals surface area contributed by atoms with Crippen LogP contribution in [0.4, 0.5) is 0 Å². The van der Waals surface area contributed by atoms with Gasteiger partial charge in [-0.15, -0.1) is 0 Å². The van der Waals surface area contributed by atoms with E-state index in [0.29, 0.717) is 12.1 Å². The van der Waals surface area contributed by atoms with Gasteiger partial charge in [-0.05, 0) is 50.4 Å². The van der Waals surface area contributed by atoms with Gasteiger partial charge in [0.2, 0.25) is 0 Å². The average molecular weight is 265 g/mol. The number of fused-ring (bicyclic) bond motifs is 1. The van der Waals surface area contributed by atoms with E-state index < -0.39 is 0 Å². The van der Waals surface area contributed by atoms with Crippen LogP contribution < -0.4 is 5.32 Å². The van der Waals surface area contributed by atoms with Gasteiger partial charge in [-0.1, -0.05) is 23.7 Å². The number of hydrogen-bond acceptors (Lipinski definition) is 2. The normalized spacial score (nSPS) is 29.4. The van der Waals surface area contributed by atoms with Gasteiger partial charge in [0, 0.05) is 29.7 Å². The first-order valence-corrected chi connectivity index (χ1v) is 7.37. The van der Waals surface area contributed by atoms with E-state index in [0.717, 1.165) is 11.1 Å². The lowest BCUT2D eigenvalue weighted by Gasteiger charge is -2.25.